The lowest BCUT2D eigenvalue weighted by Gasteiger charge is -2.40. The molecule has 1 aliphatic carbocycles. The Morgan fingerprint density at radius 2 is 1.73 bits per heavy atom. The van der Waals surface area contributed by atoms with E-state index in [1.165, 1.54) is 12.1 Å². The van der Waals surface area contributed by atoms with Gasteiger partial charge in [-0.05, 0) is 55.2 Å². The SMILES string of the molecule is CC.Fc1ccccc1Cl.O=NNc1cc(Cl)ccc1C1CC(C(=O)Nc2ccc(CO)c3c2OCCO3)NC12CCCCC2. The van der Waals surface area contributed by atoms with Crippen LogP contribution in [-0.4, -0.2) is 35.8 Å². The fourth-order valence-electron chi connectivity index (χ4n) is 6.29. The van der Waals surface area contributed by atoms with E-state index in [0.29, 0.717) is 53.1 Å². The maximum Gasteiger partial charge on any atom is 0.241 e. The van der Waals surface area contributed by atoms with Crippen molar-refractivity contribution in [1.29, 1.82) is 0 Å². The molecule has 6 rings (SSSR count). The number of nitroso groups, excluding NO2 is 1. The van der Waals surface area contributed by atoms with Gasteiger partial charge in [0.15, 0.2) is 11.5 Å². The third-order valence-electron chi connectivity index (χ3n) is 8.24. The number of carbonyl (C=O) groups excluding carboxylic acids is 1. The van der Waals surface area contributed by atoms with Crippen LogP contribution >= 0.6 is 23.2 Å². The van der Waals surface area contributed by atoms with Gasteiger partial charge in [0, 0.05) is 22.0 Å². The van der Waals surface area contributed by atoms with Gasteiger partial charge in [-0.3, -0.25) is 10.1 Å². The number of carbonyl (C=O) groups is 1. The fourth-order valence-corrected chi connectivity index (χ4v) is 6.60. The van der Waals surface area contributed by atoms with Gasteiger partial charge in [-0.15, -0.1) is 4.91 Å². The summed E-state index contributed by atoms with van der Waals surface area (Å²) in [7, 11) is 0. The largest absolute Gasteiger partial charge is 0.486 e. The van der Waals surface area contributed by atoms with Crippen LogP contribution in [0.15, 0.2) is 59.9 Å². The summed E-state index contributed by atoms with van der Waals surface area (Å²) in [5, 5.41) is 19.9. The molecule has 1 saturated carbocycles. The number of halogens is 3. The number of anilines is 2. The van der Waals surface area contributed by atoms with Crippen LogP contribution in [0.4, 0.5) is 15.8 Å². The number of nitrogens with one attached hydrogen (secondary N) is 3. The first-order valence-corrected chi connectivity index (χ1v) is 16.0. The second kappa shape index (κ2) is 16.2. The molecule has 3 aromatic carbocycles. The van der Waals surface area contributed by atoms with Crippen molar-refractivity contribution in [3.63, 3.8) is 0 Å². The summed E-state index contributed by atoms with van der Waals surface area (Å²) < 4.78 is 23.7. The maximum absolute atomic E-state index is 13.5. The highest BCUT2D eigenvalue weighted by molar-refractivity contribution is 6.31. The standard InChI is InChI=1S/C25H29ClN4O5.C6H4ClF.C2H6/c26-16-5-6-17(20(12-16)29-30-33)18-13-21(28-25(18)8-2-1-3-9-25)24(32)27-19-7-4-15(14-31)22-23(19)35-11-10-34-22;7-5-3-1-2-4-6(5)8;1-2/h4-7,12,18,21,28,31H,1-3,8-11,13-14H2,(H,27,32)(H,29,33);1-4H;1-2H3. The number of benzene rings is 3. The molecule has 2 atom stereocenters. The fraction of sp³-hybridized carbons (Fsp3) is 0.424. The molecule has 0 aromatic heterocycles. The van der Waals surface area contributed by atoms with Crippen LogP contribution < -0.4 is 25.5 Å². The number of aliphatic hydroxyl groups is 1. The number of hydrogen-bond acceptors (Lipinski definition) is 7. The molecule has 242 valence electrons. The summed E-state index contributed by atoms with van der Waals surface area (Å²) in [6.45, 7) is 4.58. The van der Waals surface area contributed by atoms with E-state index in [1.54, 1.807) is 30.3 Å². The van der Waals surface area contributed by atoms with Gasteiger partial charge in [-0.1, -0.05) is 80.6 Å². The summed E-state index contributed by atoms with van der Waals surface area (Å²) in [5.74, 6) is 0.386. The molecular weight excluding hydrogens is 622 g/mol. The first-order chi connectivity index (χ1) is 21.8. The first-order valence-electron chi connectivity index (χ1n) is 15.2. The van der Waals surface area contributed by atoms with Crippen molar-refractivity contribution in [2.45, 2.75) is 76.5 Å². The first kappa shape index (κ1) is 34.4. The predicted molar refractivity (Wildman–Crippen MR) is 176 cm³/mol. The Bertz CT molecular complexity index is 1450. The van der Waals surface area contributed by atoms with Crippen LogP contribution in [0.1, 0.15) is 69.4 Å². The highest BCUT2D eigenvalue weighted by Crippen LogP contribution is 2.49. The summed E-state index contributed by atoms with van der Waals surface area (Å²) >= 11 is 11.5. The Labute approximate surface area is 272 Å². The second-order valence-electron chi connectivity index (χ2n) is 10.8. The minimum absolute atomic E-state index is 0.00494. The van der Waals surface area contributed by atoms with Crippen molar-refractivity contribution in [1.82, 2.24) is 5.32 Å². The lowest BCUT2D eigenvalue weighted by molar-refractivity contribution is -0.118. The molecule has 1 spiro atoms. The van der Waals surface area contributed by atoms with Crippen LogP contribution in [0, 0.1) is 10.7 Å². The third kappa shape index (κ3) is 8.05. The molecule has 1 saturated heterocycles. The number of amides is 1. The van der Waals surface area contributed by atoms with Gasteiger partial charge in [0.1, 0.15) is 19.0 Å². The molecule has 2 aliphatic heterocycles. The average molecular weight is 662 g/mol. The van der Waals surface area contributed by atoms with Crippen LogP contribution in [0.5, 0.6) is 11.5 Å². The topological polar surface area (TPSA) is 121 Å². The van der Waals surface area contributed by atoms with Crippen molar-refractivity contribution in [3.8, 4) is 11.5 Å². The highest BCUT2D eigenvalue weighted by Gasteiger charge is 2.50. The Morgan fingerprint density at radius 1 is 1.02 bits per heavy atom. The Hall–Kier alpha value is -3.44. The van der Waals surface area contributed by atoms with Crippen molar-refractivity contribution < 1.29 is 23.8 Å². The van der Waals surface area contributed by atoms with E-state index in [9.17, 15) is 19.2 Å². The Kier molecular flexibility index (Phi) is 12.4. The zero-order valence-electron chi connectivity index (χ0n) is 25.4. The minimum Gasteiger partial charge on any atom is -0.486 e. The van der Waals surface area contributed by atoms with E-state index in [4.69, 9.17) is 32.7 Å². The smallest absolute Gasteiger partial charge is 0.241 e. The summed E-state index contributed by atoms with van der Waals surface area (Å²) in [4.78, 5) is 24.5. The van der Waals surface area contributed by atoms with E-state index in [-0.39, 0.29) is 34.8 Å². The number of fused-ring (bicyclic) bond motifs is 1. The normalized spacial score (nSPS) is 19.3. The molecule has 4 N–H and O–H groups in total. The van der Waals surface area contributed by atoms with E-state index in [0.717, 1.165) is 37.7 Å². The zero-order valence-corrected chi connectivity index (χ0v) is 26.9. The molecule has 2 heterocycles. The van der Waals surface area contributed by atoms with Gasteiger partial charge >= 0.3 is 0 Å². The van der Waals surface area contributed by atoms with E-state index < -0.39 is 6.04 Å². The molecule has 3 aliphatic rings. The maximum atomic E-state index is 13.5. The monoisotopic (exact) mass is 660 g/mol. The zero-order chi connectivity index (χ0) is 32.4. The molecule has 2 unspecified atom stereocenters. The Morgan fingerprint density at radius 3 is 2.38 bits per heavy atom. The molecule has 12 heteroatoms. The van der Waals surface area contributed by atoms with Crippen molar-refractivity contribution in [2.75, 3.05) is 24.0 Å². The molecule has 45 heavy (non-hydrogen) atoms. The molecule has 3 aromatic rings. The average Bonchev–Trinajstić information content (AvgIpc) is 3.42. The highest BCUT2D eigenvalue weighted by atomic mass is 35.5. The van der Waals surface area contributed by atoms with Crippen LogP contribution in [0.25, 0.3) is 0 Å². The van der Waals surface area contributed by atoms with Crippen molar-refractivity contribution in [3.05, 3.63) is 86.5 Å². The number of nitrogens with zero attached hydrogens (tertiary/aromatic N) is 1. The minimum atomic E-state index is -0.441. The molecule has 9 nitrogen and oxygen atoms in total. The summed E-state index contributed by atoms with van der Waals surface area (Å²) in [5.41, 5.74) is 4.93. The van der Waals surface area contributed by atoms with E-state index in [1.807, 2.05) is 26.0 Å². The van der Waals surface area contributed by atoms with Gasteiger partial charge in [0.2, 0.25) is 5.91 Å². The summed E-state index contributed by atoms with van der Waals surface area (Å²) in [6.07, 6.45) is 5.75. The van der Waals surface area contributed by atoms with Gasteiger partial charge in [-0.25, -0.2) is 9.82 Å². The van der Waals surface area contributed by atoms with Crippen LogP contribution in [0.3, 0.4) is 0 Å². The van der Waals surface area contributed by atoms with Gasteiger partial charge in [0.25, 0.3) is 0 Å². The van der Waals surface area contributed by atoms with Gasteiger partial charge in [0.05, 0.1) is 34.3 Å². The molecular formula is C33H39Cl2FN4O5. The lowest BCUT2D eigenvalue weighted by atomic mass is 9.71. The number of ether oxygens (including phenoxy) is 2. The Balaban J connectivity index is 0.000000397. The molecule has 0 bridgehead atoms. The molecule has 1 amide bonds. The number of hydrogen-bond donors (Lipinski definition) is 4. The lowest BCUT2D eigenvalue weighted by Crippen LogP contribution is -2.50. The number of aliphatic hydroxyl groups excluding tert-OH is 1. The van der Waals surface area contributed by atoms with Crippen LogP contribution in [-0.2, 0) is 11.4 Å². The quantitative estimate of drug-likeness (QED) is 0.156. The molecule has 2 fully saturated rings. The second-order valence-corrected chi connectivity index (χ2v) is 11.7. The summed E-state index contributed by atoms with van der Waals surface area (Å²) in [6, 6.07) is 14.6. The van der Waals surface area contributed by atoms with E-state index >= 15 is 0 Å². The van der Waals surface area contributed by atoms with Crippen LogP contribution in [0.2, 0.25) is 10.0 Å². The van der Waals surface area contributed by atoms with Gasteiger partial charge in [-0.2, -0.15) is 0 Å². The van der Waals surface area contributed by atoms with Crippen molar-refractivity contribution in [2.24, 2.45) is 5.29 Å². The van der Waals surface area contributed by atoms with Crippen molar-refractivity contribution >= 4 is 40.5 Å². The van der Waals surface area contributed by atoms with E-state index in [2.05, 4.69) is 21.3 Å². The number of rotatable bonds is 6. The third-order valence-corrected chi connectivity index (χ3v) is 8.78. The predicted octanol–water partition coefficient (Wildman–Crippen LogP) is 7.99. The molecule has 0 radical (unpaired) electrons. The van der Waals surface area contributed by atoms with Gasteiger partial charge < -0.3 is 19.9 Å².